The molecule has 3 aromatic carbocycles. The SMILES string of the molecule is COc1ccc(N2C(=O)/C(=C/c3ccc(OCC(=O)Nc4cc(C)ccc4C)c(OC)c3)SC2=S)cc1. The van der Waals surface area contributed by atoms with E-state index in [4.69, 9.17) is 26.4 Å². The zero-order valence-electron chi connectivity index (χ0n) is 20.9. The monoisotopic (exact) mass is 534 g/mol. The molecule has 190 valence electrons. The number of thiocarbonyl (C=S) groups is 1. The number of aryl methyl sites for hydroxylation is 2. The van der Waals surface area contributed by atoms with E-state index in [0.717, 1.165) is 22.4 Å². The topological polar surface area (TPSA) is 77.1 Å². The van der Waals surface area contributed by atoms with Crippen LogP contribution in [0.25, 0.3) is 6.08 Å². The Morgan fingerprint density at radius 2 is 1.76 bits per heavy atom. The van der Waals surface area contributed by atoms with Gasteiger partial charge in [-0.1, -0.05) is 42.2 Å². The standard InChI is InChI=1S/C28H26N2O5S2/c1-17-5-6-18(2)22(13-17)29-26(31)16-35-23-12-7-19(14-24(23)34-4)15-25-27(32)30(28(36)37-25)20-8-10-21(33-3)11-9-20/h5-15H,16H2,1-4H3,(H,29,31)/b25-15-. The summed E-state index contributed by atoms with van der Waals surface area (Å²) in [5.41, 5.74) is 4.19. The number of benzene rings is 3. The number of carbonyl (C=O) groups excluding carboxylic acids is 2. The van der Waals surface area contributed by atoms with Crippen molar-refractivity contribution in [1.82, 2.24) is 0 Å². The molecular weight excluding hydrogens is 508 g/mol. The summed E-state index contributed by atoms with van der Waals surface area (Å²) in [6.45, 7) is 3.72. The maximum absolute atomic E-state index is 13.1. The molecule has 1 aliphatic heterocycles. The molecule has 0 atom stereocenters. The van der Waals surface area contributed by atoms with Crippen LogP contribution in [0.3, 0.4) is 0 Å². The fourth-order valence-corrected chi connectivity index (χ4v) is 4.97. The predicted octanol–water partition coefficient (Wildman–Crippen LogP) is 5.74. The highest BCUT2D eigenvalue weighted by Gasteiger charge is 2.33. The van der Waals surface area contributed by atoms with Crippen LogP contribution in [-0.2, 0) is 9.59 Å². The van der Waals surface area contributed by atoms with E-state index in [1.807, 2.05) is 32.0 Å². The summed E-state index contributed by atoms with van der Waals surface area (Å²) in [6.07, 6.45) is 1.75. The van der Waals surface area contributed by atoms with E-state index in [1.54, 1.807) is 55.7 Å². The summed E-state index contributed by atoms with van der Waals surface area (Å²) in [5.74, 6) is 1.08. The Labute approximate surface area is 225 Å². The molecule has 1 heterocycles. The van der Waals surface area contributed by atoms with Crippen molar-refractivity contribution in [2.24, 2.45) is 0 Å². The third kappa shape index (κ3) is 6.12. The molecule has 1 fully saturated rings. The molecule has 0 aliphatic carbocycles. The second-order valence-electron chi connectivity index (χ2n) is 8.28. The molecule has 0 bridgehead atoms. The van der Waals surface area contributed by atoms with Crippen LogP contribution in [0.2, 0.25) is 0 Å². The van der Waals surface area contributed by atoms with Crippen LogP contribution in [0.1, 0.15) is 16.7 Å². The maximum Gasteiger partial charge on any atom is 0.270 e. The average Bonchev–Trinajstić information content (AvgIpc) is 3.17. The fraction of sp³-hybridized carbons (Fsp3) is 0.179. The van der Waals surface area contributed by atoms with Gasteiger partial charge in [0.15, 0.2) is 22.4 Å². The lowest BCUT2D eigenvalue weighted by atomic mass is 10.1. The van der Waals surface area contributed by atoms with Gasteiger partial charge in [0.2, 0.25) is 0 Å². The van der Waals surface area contributed by atoms with Gasteiger partial charge in [0.1, 0.15) is 5.75 Å². The van der Waals surface area contributed by atoms with Gasteiger partial charge < -0.3 is 19.5 Å². The quantitative estimate of drug-likeness (QED) is 0.292. The highest BCUT2D eigenvalue weighted by atomic mass is 32.2. The molecule has 1 aliphatic rings. The molecule has 0 radical (unpaired) electrons. The van der Waals surface area contributed by atoms with E-state index in [0.29, 0.717) is 32.2 Å². The Morgan fingerprint density at radius 3 is 2.46 bits per heavy atom. The summed E-state index contributed by atoms with van der Waals surface area (Å²) >= 11 is 6.69. The minimum atomic E-state index is -0.276. The first-order valence-electron chi connectivity index (χ1n) is 11.4. The number of amides is 2. The first-order valence-corrected chi connectivity index (χ1v) is 12.6. The molecular formula is C28H26N2O5S2. The highest BCUT2D eigenvalue weighted by Crippen LogP contribution is 2.37. The molecule has 3 aromatic rings. The summed E-state index contributed by atoms with van der Waals surface area (Å²) in [6, 6.07) is 18.3. The van der Waals surface area contributed by atoms with Crippen LogP contribution < -0.4 is 24.4 Å². The van der Waals surface area contributed by atoms with Crippen molar-refractivity contribution in [3.05, 3.63) is 82.3 Å². The molecule has 0 spiro atoms. The zero-order chi connectivity index (χ0) is 26.5. The molecule has 1 N–H and O–H groups in total. The Balaban J connectivity index is 1.45. The number of methoxy groups -OCH3 is 2. The van der Waals surface area contributed by atoms with Crippen molar-refractivity contribution in [3.8, 4) is 17.2 Å². The van der Waals surface area contributed by atoms with Crippen LogP contribution in [0, 0.1) is 13.8 Å². The number of hydrogen-bond donors (Lipinski definition) is 1. The van der Waals surface area contributed by atoms with Crippen LogP contribution >= 0.6 is 24.0 Å². The van der Waals surface area contributed by atoms with Crippen molar-refractivity contribution in [1.29, 1.82) is 0 Å². The molecule has 9 heteroatoms. The van der Waals surface area contributed by atoms with Crippen molar-refractivity contribution in [2.75, 3.05) is 31.0 Å². The number of carbonyl (C=O) groups is 2. The van der Waals surface area contributed by atoms with E-state index in [1.165, 1.54) is 23.8 Å². The molecule has 0 unspecified atom stereocenters. The van der Waals surface area contributed by atoms with Crippen LogP contribution in [0.4, 0.5) is 11.4 Å². The summed E-state index contributed by atoms with van der Waals surface area (Å²) in [7, 11) is 3.11. The first-order chi connectivity index (χ1) is 17.8. The first kappa shape index (κ1) is 26.2. The second-order valence-corrected chi connectivity index (χ2v) is 9.96. The smallest absolute Gasteiger partial charge is 0.270 e. The lowest BCUT2D eigenvalue weighted by molar-refractivity contribution is -0.118. The number of hydrogen-bond acceptors (Lipinski definition) is 7. The number of nitrogens with one attached hydrogen (secondary N) is 1. The zero-order valence-corrected chi connectivity index (χ0v) is 22.5. The Bertz CT molecular complexity index is 1390. The van der Waals surface area contributed by atoms with E-state index in [9.17, 15) is 9.59 Å². The average molecular weight is 535 g/mol. The number of anilines is 2. The minimum absolute atomic E-state index is 0.177. The van der Waals surface area contributed by atoms with Gasteiger partial charge in [0.05, 0.1) is 24.8 Å². The Kier molecular flexibility index (Phi) is 8.15. The number of thioether (sulfide) groups is 1. The van der Waals surface area contributed by atoms with Crippen molar-refractivity contribution < 1.29 is 23.8 Å². The van der Waals surface area contributed by atoms with E-state index >= 15 is 0 Å². The van der Waals surface area contributed by atoms with Crippen LogP contribution in [-0.4, -0.2) is 37.0 Å². The molecule has 1 saturated heterocycles. The van der Waals surface area contributed by atoms with E-state index < -0.39 is 0 Å². The lowest BCUT2D eigenvalue weighted by Crippen LogP contribution is -2.27. The summed E-state index contributed by atoms with van der Waals surface area (Å²) in [4.78, 5) is 27.5. The molecule has 7 nitrogen and oxygen atoms in total. The lowest BCUT2D eigenvalue weighted by Gasteiger charge is -2.14. The van der Waals surface area contributed by atoms with Crippen molar-refractivity contribution in [2.45, 2.75) is 13.8 Å². The number of ether oxygens (including phenoxy) is 3. The third-order valence-corrected chi connectivity index (χ3v) is 6.94. The molecule has 37 heavy (non-hydrogen) atoms. The van der Waals surface area contributed by atoms with Gasteiger partial charge in [-0.3, -0.25) is 14.5 Å². The van der Waals surface area contributed by atoms with Gasteiger partial charge in [-0.15, -0.1) is 0 Å². The normalized spacial score (nSPS) is 14.2. The minimum Gasteiger partial charge on any atom is -0.497 e. The molecule has 4 rings (SSSR count). The van der Waals surface area contributed by atoms with E-state index in [-0.39, 0.29) is 18.4 Å². The highest BCUT2D eigenvalue weighted by molar-refractivity contribution is 8.27. The maximum atomic E-state index is 13.1. The van der Waals surface area contributed by atoms with Crippen molar-refractivity contribution in [3.63, 3.8) is 0 Å². The van der Waals surface area contributed by atoms with E-state index in [2.05, 4.69) is 5.32 Å². The third-order valence-electron chi connectivity index (χ3n) is 5.64. The van der Waals surface area contributed by atoms with Gasteiger partial charge >= 0.3 is 0 Å². The van der Waals surface area contributed by atoms with Gasteiger partial charge in [0.25, 0.3) is 11.8 Å². The van der Waals surface area contributed by atoms with Gasteiger partial charge in [0, 0.05) is 5.69 Å². The largest absolute Gasteiger partial charge is 0.497 e. The van der Waals surface area contributed by atoms with Gasteiger partial charge in [-0.2, -0.15) is 0 Å². The summed E-state index contributed by atoms with van der Waals surface area (Å²) in [5, 5.41) is 2.87. The number of nitrogens with zero attached hydrogens (tertiary/aromatic N) is 1. The van der Waals surface area contributed by atoms with Crippen LogP contribution in [0.5, 0.6) is 17.2 Å². The Morgan fingerprint density at radius 1 is 1.00 bits per heavy atom. The molecule has 0 aromatic heterocycles. The number of rotatable bonds is 8. The summed E-state index contributed by atoms with van der Waals surface area (Å²) < 4.78 is 16.8. The van der Waals surface area contributed by atoms with Gasteiger partial charge in [-0.05, 0) is 79.1 Å². The fourth-order valence-electron chi connectivity index (χ4n) is 3.67. The molecule has 2 amide bonds. The van der Waals surface area contributed by atoms with Gasteiger partial charge in [-0.25, -0.2) is 0 Å². The van der Waals surface area contributed by atoms with Crippen LogP contribution in [0.15, 0.2) is 65.6 Å². The predicted molar refractivity (Wildman–Crippen MR) is 152 cm³/mol. The molecule has 0 saturated carbocycles. The second kappa shape index (κ2) is 11.5. The Hall–Kier alpha value is -3.82. The van der Waals surface area contributed by atoms with Crippen molar-refractivity contribution >= 4 is 57.6 Å².